The maximum atomic E-state index is 10.8. The molecule has 3 atom stereocenters. The number of aliphatic hydroxyl groups is 2. The number of hydrogen-bond acceptors (Lipinski definition) is 10. The van der Waals surface area contributed by atoms with Crippen LogP contribution in [0.1, 0.15) is 26.7 Å². The van der Waals surface area contributed by atoms with Gasteiger partial charge >= 0.3 is 11.9 Å². The summed E-state index contributed by atoms with van der Waals surface area (Å²) >= 11 is 0. The molecule has 26 heavy (non-hydrogen) atoms. The van der Waals surface area contributed by atoms with Gasteiger partial charge in [0.1, 0.15) is 0 Å². The average molecular weight is 384 g/mol. The fourth-order valence-electron chi connectivity index (χ4n) is 1.57. The van der Waals surface area contributed by atoms with E-state index in [4.69, 9.17) is 29.2 Å². The van der Waals surface area contributed by atoms with Gasteiger partial charge in [0.15, 0.2) is 24.8 Å². The number of ether oxygens (including phenoxy) is 6. The van der Waals surface area contributed by atoms with Crippen molar-refractivity contribution in [2.45, 2.75) is 51.5 Å². The third-order valence-corrected chi connectivity index (χ3v) is 3.05. The number of rotatable bonds is 7. The zero-order valence-corrected chi connectivity index (χ0v) is 16.3. The maximum absolute atomic E-state index is 10.8. The molecule has 1 unspecified atom stereocenters. The van der Waals surface area contributed by atoms with E-state index in [9.17, 15) is 9.59 Å². The molecule has 1 rings (SSSR count). The van der Waals surface area contributed by atoms with Gasteiger partial charge in [0.2, 0.25) is 0 Å². The Hall–Kier alpha value is -1.30. The Labute approximate surface area is 154 Å². The first-order valence-electron chi connectivity index (χ1n) is 8.12. The van der Waals surface area contributed by atoms with Crippen molar-refractivity contribution in [2.75, 3.05) is 41.7 Å². The molecule has 1 heterocycles. The minimum atomic E-state index is -1.39. The van der Waals surface area contributed by atoms with Gasteiger partial charge in [-0.2, -0.15) is 0 Å². The number of carbonyl (C=O) groups is 2. The molecule has 0 aromatic carbocycles. The minimum absolute atomic E-state index is 0.0139. The summed E-state index contributed by atoms with van der Waals surface area (Å²) in [6, 6.07) is 0. The first-order valence-corrected chi connectivity index (χ1v) is 8.12. The molecule has 1 aliphatic heterocycles. The van der Waals surface area contributed by atoms with Crippen LogP contribution in [-0.4, -0.2) is 88.6 Å². The van der Waals surface area contributed by atoms with Gasteiger partial charge < -0.3 is 38.6 Å². The lowest BCUT2D eigenvalue weighted by molar-refractivity contribution is -0.154. The van der Waals surface area contributed by atoms with Crippen molar-refractivity contribution in [1.82, 2.24) is 0 Å². The molecule has 1 aliphatic rings. The normalized spacial score (nSPS) is 19.6. The summed E-state index contributed by atoms with van der Waals surface area (Å²) in [7, 11) is 5.75. The summed E-state index contributed by atoms with van der Waals surface area (Å²) < 4.78 is 28.5. The van der Waals surface area contributed by atoms with Crippen LogP contribution in [0.25, 0.3) is 0 Å². The van der Waals surface area contributed by atoms with Crippen LogP contribution in [0.4, 0.5) is 0 Å². The van der Waals surface area contributed by atoms with Crippen LogP contribution in [0.15, 0.2) is 0 Å². The number of hydrogen-bond donors (Lipinski definition) is 2. The van der Waals surface area contributed by atoms with Gasteiger partial charge in [-0.05, 0) is 12.8 Å². The lowest BCUT2D eigenvalue weighted by Crippen LogP contribution is -2.25. The van der Waals surface area contributed by atoms with E-state index in [-0.39, 0.29) is 18.5 Å². The Morgan fingerprint density at radius 2 is 1.69 bits per heavy atom. The van der Waals surface area contributed by atoms with Crippen LogP contribution in [0.5, 0.6) is 0 Å². The van der Waals surface area contributed by atoms with Gasteiger partial charge in [0.25, 0.3) is 0 Å². The van der Waals surface area contributed by atoms with Crippen molar-refractivity contribution in [3.63, 3.8) is 0 Å². The quantitative estimate of drug-likeness (QED) is 0.451. The van der Waals surface area contributed by atoms with Gasteiger partial charge in [-0.1, -0.05) is 13.8 Å². The Bertz CT molecular complexity index is 353. The Morgan fingerprint density at radius 3 is 1.92 bits per heavy atom. The molecule has 0 spiro atoms. The average Bonchev–Trinajstić information content (AvgIpc) is 3.17. The van der Waals surface area contributed by atoms with E-state index in [1.54, 1.807) is 14.2 Å². The van der Waals surface area contributed by atoms with Gasteiger partial charge in [-0.15, -0.1) is 0 Å². The van der Waals surface area contributed by atoms with Gasteiger partial charge in [-0.25, -0.2) is 9.59 Å². The molecule has 10 heteroatoms. The van der Waals surface area contributed by atoms with E-state index in [1.165, 1.54) is 7.11 Å². The van der Waals surface area contributed by atoms with E-state index >= 15 is 0 Å². The molecule has 1 saturated heterocycles. The van der Waals surface area contributed by atoms with Gasteiger partial charge in [-0.3, -0.25) is 0 Å². The molecule has 2 N–H and O–H groups in total. The molecular weight excluding hydrogens is 352 g/mol. The summed E-state index contributed by atoms with van der Waals surface area (Å²) in [6.45, 7) is 3.67. The summed E-state index contributed by atoms with van der Waals surface area (Å²) in [6.07, 6.45) is -0.496. The van der Waals surface area contributed by atoms with Crippen LogP contribution in [0.2, 0.25) is 0 Å². The molecule has 10 nitrogen and oxygen atoms in total. The number of carbonyl (C=O) groups excluding carboxylic acids is 2. The zero-order valence-electron chi connectivity index (χ0n) is 16.3. The highest BCUT2D eigenvalue weighted by Crippen LogP contribution is 2.14. The van der Waals surface area contributed by atoms with Crippen molar-refractivity contribution in [3.05, 3.63) is 0 Å². The van der Waals surface area contributed by atoms with Crippen molar-refractivity contribution in [3.8, 4) is 0 Å². The third kappa shape index (κ3) is 12.1. The Balaban J connectivity index is 0. The SMILES string of the molecule is CCC(OC)OC.CCC1OC[C@H](C(=O)OC)O1.COC(=O)[C@H](O)CO. The smallest absolute Gasteiger partial charge is 0.337 e. The molecule has 0 radical (unpaired) electrons. The second kappa shape index (κ2) is 17.1. The van der Waals surface area contributed by atoms with E-state index in [1.807, 2.05) is 13.8 Å². The lowest BCUT2D eigenvalue weighted by Gasteiger charge is -2.08. The maximum Gasteiger partial charge on any atom is 0.337 e. The molecule has 0 amide bonds. The molecular formula is C16H32O10. The van der Waals surface area contributed by atoms with Crippen LogP contribution in [0, 0.1) is 0 Å². The second-order valence-electron chi connectivity index (χ2n) is 4.85. The zero-order chi connectivity index (χ0) is 20.5. The second-order valence-corrected chi connectivity index (χ2v) is 4.85. The number of esters is 2. The molecule has 0 saturated carbocycles. The fraction of sp³-hybridized carbons (Fsp3) is 0.875. The van der Waals surface area contributed by atoms with Gasteiger partial charge in [0, 0.05) is 14.2 Å². The predicted molar refractivity (Wildman–Crippen MR) is 90.1 cm³/mol. The van der Waals surface area contributed by atoms with Crippen molar-refractivity contribution in [2.24, 2.45) is 0 Å². The van der Waals surface area contributed by atoms with E-state index in [0.717, 1.165) is 20.0 Å². The highest BCUT2D eigenvalue weighted by atomic mass is 16.7. The highest BCUT2D eigenvalue weighted by Gasteiger charge is 2.30. The van der Waals surface area contributed by atoms with Crippen LogP contribution in [-0.2, 0) is 38.0 Å². The molecule has 156 valence electrons. The van der Waals surface area contributed by atoms with Crippen LogP contribution in [0.3, 0.4) is 0 Å². The first-order chi connectivity index (χ1) is 12.3. The Morgan fingerprint density at radius 1 is 1.12 bits per heavy atom. The van der Waals surface area contributed by atoms with Crippen molar-refractivity contribution >= 4 is 11.9 Å². The molecule has 0 aromatic rings. The van der Waals surface area contributed by atoms with E-state index < -0.39 is 24.8 Å². The standard InChI is InChI=1S/C7H12O4.C5H12O2.C4H8O4/c1-3-6-10-4-5(11-6)7(8)9-2;1-4-5(6-2)7-3;1-8-4(7)3(6)2-5/h5-6H,3-4H2,1-2H3;5H,4H2,1-3H3;3,5-6H,2H2,1H3/t5-,6?;;3-/m1.1/s1. The first kappa shape index (κ1) is 26.9. The molecule has 1 fully saturated rings. The topological polar surface area (TPSA) is 130 Å². The van der Waals surface area contributed by atoms with Gasteiger partial charge in [0.05, 0.1) is 27.4 Å². The Kier molecular flexibility index (Phi) is 17.7. The summed E-state index contributed by atoms with van der Waals surface area (Å²) in [5, 5.41) is 16.5. The fourth-order valence-corrected chi connectivity index (χ4v) is 1.57. The van der Waals surface area contributed by atoms with Crippen molar-refractivity contribution in [1.29, 1.82) is 0 Å². The predicted octanol–water partition coefficient (Wildman–Crippen LogP) is -0.161. The molecule has 0 aromatic heterocycles. The summed E-state index contributed by atoms with van der Waals surface area (Å²) in [4.78, 5) is 21.0. The number of methoxy groups -OCH3 is 4. The molecule has 0 bridgehead atoms. The van der Waals surface area contributed by atoms with Crippen LogP contribution >= 0.6 is 0 Å². The van der Waals surface area contributed by atoms with Crippen molar-refractivity contribution < 1.29 is 48.2 Å². The number of aliphatic hydroxyl groups excluding tert-OH is 2. The summed E-state index contributed by atoms with van der Waals surface area (Å²) in [5.74, 6) is -1.17. The monoisotopic (exact) mass is 384 g/mol. The minimum Gasteiger partial charge on any atom is -0.467 e. The molecule has 0 aliphatic carbocycles. The largest absolute Gasteiger partial charge is 0.467 e. The third-order valence-electron chi connectivity index (χ3n) is 3.05. The van der Waals surface area contributed by atoms with E-state index in [0.29, 0.717) is 6.61 Å². The lowest BCUT2D eigenvalue weighted by atomic mass is 10.4. The van der Waals surface area contributed by atoms with Crippen LogP contribution < -0.4 is 0 Å². The van der Waals surface area contributed by atoms with E-state index in [2.05, 4.69) is 9.47 Å². The summed E-state index contributed by atoms with van der Waals surface area (Å²) in [5.41, 5.74) is 0. The highest BCUT2D eigenvalue weighted by molar-refractivity contribution is 5.75.